The van der Waals surface area contributed by atoms with Crippen LogP contribution in [0.5, 0.6) is 0 Å². The summed E-state index contributed by atoms with van der Waals surface area (Å²) in [4.78, 5) is 26.4. The van der Waals surface area contributed by atoms with Gasteiger partial charge in [0.25, 0.3) is 0 Å². The molecule has 0 aliphatic carbocycles. The van der Waals surface area contributed by atoms with Crippen molar-refractivity contribution in [2.75, 3.05) is 27.2 Å². The molecule has 0 spiro atoms. The maximum absolute atomic E-state index is 12.2. The van der Waals surface area contributed by atoms with Gasteiger partial charge in [0.2, 0.25) is 0 Å². The average molecular weight is 524 g/mol. The maximum Gasteiger partial charge on any atom is 0.306 e. The molecule has 0 saturated heterocycles. The van der Waals surface area contributed by atoms with E-state index in [0.29, 0.717) is 25.4 Å². The fourth-order valence-corrected chi connectivity index (χ4v) is 4.80. The lowest BCUT2D eigenvalue weighted by atomic mass is 9.93. The van der Waals surface area contributed by atoms with Crippen molar-refractivity contribution >= 4 is 11.9 Å². The summed E-state index contributed by atoms with van der Waals surface area (Å²) in [5, 5.41) is 0. The first-order chi connectivity index (χ1) is 17.8. The monoisotopic (exact) mass is 523 g/mol. The van der Waals surface area contributed by atoms with E-state index in [0.717, 1.165) is 77.2 Å². The molecule has 37 heavy (non-hydrogen) atoms. The van der Waals surface area contributed by atoms with Gasteiger partial charge in [0.15, 0.2) is 0 Å². The molecule has 0 aromatic heterocycles. The number of carbonyl (C=O) groups is 2. The van der Waals surface area contributed by atoms with Crippen molar-refractivity contribution in [2.45, 2.75) is 149 Å². The molecular weight excluding hydrogens is 462 g/mol. The van der Waals surface area contributed by atoms with Gasteiger partial charge in [-0.25, -0.2) is 0 Å². The van der Waals surface area contributed by atoms with E-state index in [1.54, 1.807) is 0 Å². The van der Waals surface area contributed by atoms with Crippen molar-refractivity contribution in [1.29, 1.82) is 0 Å². The number of allylic oxidation sites excluding steroid dienone is 1. The second-order valence-corrected chi connectivity index (χ2v) is 11.2. The van der Waals surface area contributed by atoms with Gasteiger partial charge in [-0.15, -0.1) is 0 Å². The van der Waals surface area contributed by atoms with Gasteiger partial charge in [-0.3, -0.25) is 9.59 Å². The minimum atomic E-state index is -0.0741. The number of ether oxygens (including phenoxy) is 2. The highest BCUT2D eigenvalue weighted by atomic mass is 16.5. The predicted octanol–water partition coefficient (Wildman–Crippen LogP) is 8.65. The Bertz CT molecular complexity index is 587. The van der Waals surface area contributed by atoms with Crippen LogP contribution < -0.4 is 0 Å². The third-order valence-corrected chi connectivity index (χ3v) is 6.91. The fourth-order valence-electron chi connectivity index (χ4n) is 4.80. The summed E-state index contributed by atoms with van der Waals surface area (Å²) in [7, 11) is 4.04. The average Bonchev–Trinajstić information content (AvgIpc) is 2.83. The molecule has 5 heteroatoms. The second-order valence-electron chi connectivity index (χ2n) is 11.2. The lowest BCUT2D eigenvalue weighted by molar-refractivity contribution is -0.150. The summed E-state index contributed by atoms with van der Waals surface area (Å²) in [5.41, 5.74) is 1.46. The summed E-state index contributed by atoms with van der Waals surface area (Å²) in [5.74, 6) is 0.568. The predicted molar refractivity (Wildman–Crippen MR) is 157 cm³/mol. The molecule has 0 bridgehead atoms. The van der Waals surface area contributed by atoms with Crippen molar-refractivity contribution in [3.05, 3.63) is 11.6 Å². The molecule has 0 aromatic rings. The number of unbranched alkanes of at least 4 members (excludes halogenated alkanes) is 6. The van der Waals surface area contributed by atoms with Crippen LogP contribution in [0.2, 0.25) is 0 Å². The van der Waals surface area contributed by atoms with Gasteiger partial charge < -0.3 is 14.4 Å². The Morgan fingerprint density at radius 3 is 2.05 bits per heavy atom. The minimum Gasteiger partial charge on any atom is -0.462 e. The molecule has 0 aliphatic heterocycles. The van der Waals surface area contributed by atoms with E-state index in [1.165, 1.54) is 37.7 Å². The van der Waals surface area contributed by atoms with Crippen LogP contribution in [0.1, 0.15) is 143 Å². The SMILES string of the molecule is CCCCC/C(=C/COC(=O)CCCCCCCC(CCC)OC(=O)CCCN(C)C)CC(C)CCC. The van der Waals surface area contributed by atoms with Crippen LogP contribution >= 0.6 is 0 Å². The molecular formula is C32H61NO4. The van der Waals surface area contributed by atoms with Crippen LogP contribution in [0.15, 0.2) is 11.6 Å². The van der Waals surface area contributed by atoms with Gasteiger partial charge in [0.1, 0.15) is 12.7 Å². The molecule has 0 heterocycles. The van der Waals surface area contributed by atoms with Crippen LogP contribution in [-0.2, 0) is 19.1 Å². The zero-order valence-corrected chi connectivity index (χ0v) is 25.5. The van der Waals surface area contributed by atoms with Gasteiger partial charge in [-0.1, -0.05) is 84.6 Å². The summed E-state index contributed by atoms with van der Waals surface area (Å²) in [6.07, 6.45) is 20.7. The van der Waals surface area contributed by atoms with Crippen molar-refractivity contribution in [3.8, 4) is 0 Å². The Morgan fingerprint density at radius 2 is 1.38 bits per heavy atom. The number of rotatable bonds is 25. The summed E-state index contributed by atoms with van der Waals surface area (Å²) >= 11 is 0. The first-order valence-electron chi connectivity index (χ1n) is 15.5. The standard InChI is InChI=1S/C32H61NO4/c1-7-10-14-20-29(27-28(4)18-8-2)24-26-36-31(34)22-16-13-11-12-15-21-30(19-9-3)37-32(35)23-17-25-33(5)6/h24,28,30H,7-23,25-27H2,1-6H3/b29-24-. The van der Waals surface area contributed by atoms with Gasteiger partial charge in [-0.2, -0.15) is 0 Å². The molecule has 0 aliphatic rings. The largest absolute Gasteiger partial charge is 0.462 e. The second kappa shape index (κ2) is 24.9. The van der Waals surface area contributed by atoms with Gasteiger partial charge >= 0.3 is 11.9 Å². The normalized spacial score (nSPS) is 13.5. The van der Waals surface area contributed by atoms with E-state index in [4.69, 9.17) is 9.47 Å². The quantitative estimate of drug-likeness (QED) is 0.0681. The van der Waals surface area contributed by atoms with Gasteiger partial charge in [0, 0.05) is 12.8 Å². The third kappa shape index (κ3) is 23.5. The molecule has 5 nitrogen and oxygen atoms in total. The zero-order chi connectivity index (χ0) is 27.7. The van der Waals surface area contributed by atoms with E-state index < -0.39 is 0 Å². The molecule has 0 amide bonds. The lowest BCUT2D eigenvalue weighted by Crippen LogP contribution is -2.20. The molecule has 0 saturated carbocycles. The molecule has 0 N–H and O–H groups in total. The van der Waals surface area contributed by atoms with Gasteiger partial charge in [0.05, 0.1) is 0 Å². The number of hydrogen-bond donors (Lipinski definition) is 0. The summed E-state index contributed by atoms with van der Waals surface area (Å²) < 4.78 is 11.2. The zero-order valence-electron chi connectivity index (χ0n) is 25.5. The van der Waals surface area contributed by atoms with Crippen LogP contribution in [0.3, 0.4) is 0 Å². The molecule has 218 valence electrons. The van der Waals surface area contributed by atoms with Crippen LogP contribution in [0.25, 0.3) is 0 Å². The Morgan fingerprint density at radius 1 is 0.730 bits per heavy atom. The van der Waals surface area contributed by atoms with Crippen molar-refractivity contribution in [3.63, 3.8) is 0 Å². The molecule has 2 unspecified atom stereocenters. The minimum absolute atomic E-state index is 0.0525. The highest BCUT2D eigenvalue weighted by Crippen LogP contribution is 2.21. The van der Waals surface area contributed by atoms with Crippen LogP contribution in [0, 0.1) is 5.92 Å². The lowest BCUT2D eigenvalue weighted by Gasteiger charge is -2.17. The van der Waals surface area contributed by atoms with E-state index in [1.807, 2.05) is 14.1 Å². The first kappa shape index (κ1) is 35.6. The maximum atomic E-state index is 12.2. The molecule has 0 radical (unpaired) electrons. The first-order valence-corrected chi connectivity index (χ1v) is 15.5. The number of nitrogens with zero attached hydrogens (tertiary/aromatic N) is 1. The van der Waals surface area contributed by atoms with E-state index >= 15 is 0 Å². The van der Waals surface area contributed by atoms with E-state index in [9.17, 15) is 9.59 Å². The molecule has 0 fully saturated rings. The Balaban J connectivity index is 4.07. The van der Waals surface area contributed by atoms with E-state index in [-0.39, 0.29) is 18.0 Å². The third-order valence-electron chi connectivity index (χ3n) is 6.91. The van der Waals surface area contributed by atoms with Gasteiger partial charge in [-0.05, 0) is 84.0 Å². The fraction of sp³-hybridized carbons (Fsp3) is 0.875. The highest BCUT2D eigenvalue weighted by molar-refractivity contribution is 5.69. The number of carbonyl (C=O) groups excluding carboxylic acids is 2. The Hall–Kier alpha value is -1.36. The Labute approximate surface area is 230 Å². The van der Waals surface area contributed by atoms with Crippen molar-refractivity contribution in [2.24, 2.45) is 5.92 Å². The molecule has 2 atom stereocenters. The highest BCUT2D eigenvalue weighted by Gasteiger charge is 2.13. The van der Waals surface area contributed by atoms with E-state index in [2.05, 4.69) is 38.7 Å². The smallest absolute Gasteiger partial charge is 0.306 e. The summed E-state index contributed by atoms with van der Waals surface area (Å²) in [6.45, 7) is 10.3. The molecule has 0 aromatic carbocycles. The van der Waals surface area contributed by atoms with Crippen LogP contribution in [-0.4, -0.2) is 50.2 Å². The Kier molecular flexibility index (Phi) is 24.0. The number of hydrogen-bond acceptors (Lipinski definition) is 5. The van der Waals surface area contributed by atoms with Crippen molar-refractivity contribution in [1.82, 2.24) is 4.90 Å². The summed E-state index contributed by atoms with van der Waals surface area (Å²) in [6, 6.07) is 0. The van der Waals surface area contributed by atoms with Crippen LogP contribution in [0.4, 0.5) is 0 Å². The van der Waals surface area contributed by atoms with Crippen molar-refractivity contribution < 1.29 is 19.1 Å². The number of esters is 2. The molecule has 0 rings (SSSR count). The topological polar surface area (TPSA) is 55.8 Å².